The SMILES string of the molecule is COc1ccc(C[C@H]2C(=O)N(CCCCc3ccccc3)CC3N(CCCn4ccnc4)c4ccc([N+](=O)[O-])cc4C(=O)N32)cc1OC. The molecule has 0 bridgehead atoms. The quantitative estimate of drug-likeness (QED) is 0.106. The lowest BCUT2D eigenvalue weighted by atomic mass is 9.94. The first-order valence-corrected chi connectivity index (χ1v) is 16.2. The first-order valence-electron chi connectivity index (χ1n) is 16.2. The van der Waals surface area contributed by atoms with Crippen molar-refractivity contribution < 1.29 is 24.0 Å². The summed E-state index contributed by atoms with van der Waals surface area (Å²) in [6, 6.07) is 19.4. The molecular weight excluding hydrogens is 612 g/mol. The lowest BCUT2D eigenvalue weighted by Gasteiger charge is -2.53. The molecular formula is C36H40N6O6. The largest absolute Gasteiger partial charge is 0.493 e. The van der Waals surface area contributed by atoms with Crippen molar-refractivity contribution in [1.82, 2.24) is 19.4 Å². The van der Waals surface area contributed by atoms with Crippen LogP contribution in [0.15, 0.2) is 85.5 Å². The number of ether oxygens (including phenoxy) is 2. The Balaban J connectivity index is 1.34. The number of piperazine rings is 1. The number of hydrogen-bond acceptors (Lipinski definition) is 8. The van der Waals surface area contributed by atoms with E-state index in [0.29, 0.717) is 43.4 Å². The summed E-state index contributed by atoms with van der Waals surface area (Å²) in [6.45, 7) is 2.16. The number of fused-ring (bicyclic) bond motifs is 2. The third-order valence-electron chi connectivity index (χ3n) is 9.20. The van der Waals surface area contributed by atoms with Gasteiger partial charge in [-0.15, -0.1) is 0 Å². The first kappa shape index (κ1) is 32.5. The third-order valence-corrected chi connectivity index (χ3v) is 9.20. The van der Waals surface area contributed by atoms with Gasteiger partial charge in [0.05, 0.1) is 43.3 Å². The Morgan fingerprint density at radius 1 is 0.896 bits per heavy atom. The van der Waals surface area contributed by atoms with Crippen LogP contribution in [0.3, 0.4) is 0 Å². The molecule has 2 aliphatic rings. The monoisotopic (exact) mass is 652 g/mol. The molecule has 0 radical (unpaired) electrons. The second kappa shape index (κ2) is 14.6. The highest BCUT2D eigenvalue weighted by molar-refractivity contribution is 6.05. The van der Waals surface area contributed by atoms with E-state index >= 15 is 0 Å². The smallest absolute Gasteiger partial charge is 0.270 e. The van der Waals surface area contributed by atoms with Crippen LogP contribution in [0.25, 0.3) is 0 Å². The molecule has 1 fully saturated rings. The molecule has 4 aromatic rings. The van der Waals surface area contributed by atoms with E-state index in [2.05, 4.69) is 22.0 Å². The highest BCUT2D eigenvalue weighted by atomic mass is 16.6. The molecule has 12 heteroatoms. The lowest BCUT2D eigenvalue weighted by molar-refractivity contribution is -0.384. The van der Waals surface area contributed by atoms with Gasteiger partial charge < -0.3 is 28.7 Å². The standard InChI is InChI=1S/C36H40N6O6/c1-47-32-15-12-27(22-33(32)48-2)21-31-36(44)39(18-7-6-11-26-9-4-3-5-10-26)24-34-40(19-8-17-38-20-16-37-25-38)30-14-13-28(42(45)46)23-29(30)35(43)41(31)34/h3-5,9-10,12-16,20,22-23,25,31,34H,6-8,11,17-19,21,24H2,1-2H3/t31-,34?/m0/s1. The fourth-order valence-corrected chi connectivity index (χ4v) is 6.80. The van der Waals surface area contributed by atoms with Crippen LogP contribution in [-0.4, -0.2) is 82.2 Å². The van der Waals surface area contributed by atoms with E-state index < -0.39 is 17.1 Å². The van der Waals surface area contributed by atoms with E-state index in [1.54, 1.807) is 43.8 Å². The summed E-state index contributed by atoms with van der Waals surface area (Å²) >= 11 is 0. The maximum absolute atomic E-state index is 14.4. The van der Waals surface area contributed by atoms with Gasteiger partial charge in [0.1, 0.15) is 12.2 Å². The van der Waals surface area contributed by atoms with E-state index in [9.17, 15) is 19.7 Å². The molecule has 250 valence electrons. The number of anilines is 1. The predicted octanol–water partition coefficient (Wildman–Crippen LogP) is 4.96. The summed E-state index contributed by atoms with van der Waals surface area (Å²) in [4.78, 5) is 49.8. The number of imidazole rings is 1. The molecule has 2 atom stereocenters. The van der Waals surface area contributed by atoms with Crippen molar-refractivity contribution in [2.45, 2.75) is 50.9 Å². The van der Waals surface area contributed by atoms with Crippen molar-refractivity contribution in [1.29, 1.82) is 0 Å². The number of carbonyl (C=O) groups is 2. The normalized spacial score (nSPS) is 17.2. The van der Waals surface area contributed by atoms with Gasteiger partial charge in [-0.2, -0.15) is 0 Å². The molecule has 0 saturated carbocycles. The van der Waals surface area contributed by atoms with Crippen LogP contribution in [0.1, 0.15) is 40.7 Å². The summed E-state index contributed by atoms with van der Waals surface area (Å²) in [7, 11) is 3.12. The Morgan fingerprint density at radius 3 is 2.44 bits per heavy atom. The van der Waals surface area contributed by atoms with E-state index in [1.165, 1.54) is 17.7 Å². The highest BCUT2D eigenvalue weighted by Gasteiger charge is 2.49. The number of non-ortho nitro benzene ring substituents is 1. The van der Waals surface area contributed by atoms with Gasteiger partial charge in [-0.25, -0.2) is 4.98 Å². The molecule has 0 spiro atoms. The number of unbranched alkanes of at least 4 members (excludes halogenated alkanes) is 1. The van der Waals surface area contributed by atoms with Crippen molar-refractivity contribution >= 4 is 23.2 Å². The van der Waals surface area contributed by atoms with Gasteiger partial charge in [0.15, 0.2) is 11.5 Å². The Bertz CT molecular complexity index is 1750. The Labute approximate surface area is 279 Å². The van der Waals surface area contributed by atoms with Gasteiger partial charge >= 0.3 is 0 Å². The fraction of sp³-hybridized carbons (Fsp3) is 0.361. The molecule has 3 heterocycles. The number of amides is 2. The fourth-order valence-electron chi connectivity index (χ4n) is 6.80. The molecule has 2 amide bonds. The van der Waals surface area contributed by atoms with Crippen LogP contribution >= 0.6 is 0 Å². The molecule has 1 aromatic heterocycles. The molecule has 12 nitrogen and oxygen atoms in total. The molecule has 3 aromatic carbocycles. The third kappa shape index (κ3) is 6.83. The topological polar surface area (TPSA) is 123 Å². The van der Waals surface area contributed by atoms with Gasteiger partial charge in [-0.3, -0.25) is 19.7 Å². The minimum atomic E-state index is -0.827. The second-order valence-corrected chi connectivity index (χ2v) is 12.1. The number of nitrogens with zero attached hydrogens (tertiary/aromatic N) is 6. The van der Waals surface area contributed by atoms with Crippen molar-refractivity contribution in [2.75, 3.05) is 38.8 Å². The average Bonchev–Trinajstić information content (AvgIpc) is 3.63. The number of aromatic nitrogens is 2. The van der Waals surface area contributed by atoms with Crippen molar-refractivity contribution in [3.05, 3.63) is 112 Å². The number of carbonyl (C=O) groups excluding carboxylic acids is 2. The number of nitro benzene ring substituents is 1. The minimum Gasteiger partial charge on any atom is -0.493 e. The number of benzene rings is 3. The molecule has 1 unspecified atom stereocenters. The molecule has 2 aliphatic heterocycles. The zero-order valence-corrected chi connectivity index (χ0v) is 27.2. The maximum atomic E-state index is 14.4. The number of nitro groups is 1. The van der Waals surface area contributed by atoms with Crippen molar-refractivity contribution in [3.8, 4) is 11.5 Å². The number of hydrogen-bond donors (Lipinski definition) is 0. The Hall–Kier alpha value is -5.39. The van der Waals surface area contributed by atoms with Gasteiger partial charge in [-0.1, -0.05) is 36.4 Å². The van der Waals surface area contributed by atoms with Crippen molar-refractivity contribution in [3.63, 3.8) is 0 Å². The molecule has 0 aliphatic carbocycles. The summed E-state index contributed by atoms with van der Waals surface area (Å²) in [5.74, 6) is 0.571. The summed E-state index contributed by atoms with van der Waals surface area (Å²) < 4.78 is 13.0. The number of rotatable bonds is 14. The van der Waals surface area contributed by atoms with Crippen LogP contribution in [0, 0.1) is 10.1 Å². The Kier molecular flexibility index (Phi) is 9.88. The second-order valence-electron chi connectivity index (χ2n) is 12.1. The zero-order valence-electron chi connectivity index (χ0n) is 27.2. The van der Waals surface area contributed by atoms with Gasteiger partial charge in [0.25, 0.3) is 11.6 Å². The van der Waals surface area contributed by atoms with Crippen molar-refractivity contribution in [2.24, 2.45) is 0 Å². The lowest BCUT2D eigenvalue weighted by Crippen LogP contribution is -2.70. The Morgan fingerprint density at radius 2 is 1.71 bits per heavy atom. The predicted molar refractivity (Wildman–Crippen MR) is 180 cm³/mol. The molecule has 48 heavy (non-hydrogen) atoms. The van der Waals surface area contributed by atoms with E-state index in [1.807, 2.05) is 46.0 Å². The summed E-state index contributed by atoms with van der Waals surface area (Å²) in [5, 5.41) is 11.8. The number of methoxy groups -OCH3 is 2. The molecule has 1 saturated heterocycles. The first-order chi connectivity index (χ1) is 23.4. The van der Waals surface area contributed by atoms with E-state index in [4.69, 9.17) is 9.47 Å². The van der Waals surface area contributed by atoms with Crippen LogP contribution in [0.4, 0.5) is 11.4 Å². The number of aryl methyl sites for hydroxylation is 2. The summed E-state index contributed by atoms with van der Waals surface area (Å²) in [6.07, 6.45) is 8.57. The maximum Gasteiger partial charge on any atom is 0.270 e. The van der Waals surface area contributed by atoms with Gasteiger partial charge in [0, 0.05) is 50.6 Å². The minimum absolute atomic E-state index is 0.138. The highest BCUT2D eigenvalue weighted by Crippen LogP contribution is 2.38. The van der Waals surface area contributed by atoms with Crippen LogP contribution < -0.4 is 14.4 Å². The van der Waals surface area contributed by atoms with Gasteiger partial charge in [-0.05, 0) is 55.0 Å². The van der Waals surface area contributed by atoms with Crippen LogP contribution in [-0.2, 0) is 24.2 Å². The summed E-state index contributed by atoms with van der Waals surface area (Å²) in [5.41, 5.74) is 2.76. The van der Waals surface area contributed by atoms with E-state index in [-0.39, 0.29) is 29.5 Å². The van der Waals surface area contributed by atoms with Crippen LogP contribution in [0.5, 0.6) is 11.5 Å². The average molecular weight is 653 g/mol. The van der Waals surface area contributed by atoms with Crippen LogP contribution in [0.2, 0.25) is 0 Å². The van der Waals surface area contributed by atoms with E-state index in [0.717, 1.165) is 31.2 Å². The zero-order chi connectivity index (χ0) is 33.6. The molecule has 0 N–H and O–H groups in total. The molecule has 6 rings (SSSR count). The van der Waals surface area contributed by atoms with Gasteiger partial charge in [0.2, 0.25) is 5.91 Å².